The number of likely N-dealkylation sites (N-methyl/N-ethyl adjacent to an activating group) is 1. The smallest absolute Gasteiger partial charge is 0.370 e. The van der Waals surface area contributed by atoms with Gasteiger partial charge in [0.05, 0.1) is 6.61 Å². The molecule has 0 saturated carbocycles. The van der Waals surface area contributed by atoms with Crippen molar-refractivity contribution in [3.63, 3.8) is 0 Å². The summed E-state index contributed by atoms with van der Waals surface area (Å²) in [6.07, 6.45) is -3.79. The predicted molar refractivity (Wildman–Crippen MR) is 61.6 cm³/mol. The Labute approximate surface area is 101 Å². The molecule has 0 aliphatic rings. The maximum absolute atomic E-state index is 11.8. The first-order chi connectivity index (χ1) is 7.64. The summed E-state index contributed by atoms with van der Waals surface area (Å²) in [7, 11) is 1.68. The van der Waals surface area contributed by atoms with E-state index in [1.54, 1.807) is 7.05 Å². The van der Waals surface area contributed by atoms with E-state index in [0.29, 0.717) is 6.42 Å². The summed E-state index contributed by atoms with van der Waals surface area (Å²) < 4.78 is 40.1. The monoisotopic (exact) mass is 251 g/mol. The van der Waals surface area contributed by atoms with E-state index in [9.17, 15) is 13.2 Å². The summed E-state index contributed by atoms with van der Waals surface area (Å²) in [5, 5.41) is 2.88. The highest BCUT2D eigenvalue weighted by Crippen LogP contribution is 2.14. The molecule has 0 fully saturated rings. The first-order valence-electron chi connectivity index (χ1n) is 5.46. The minimum absolute atomic E-state index is 0.00876. The molecule has 0 amide bonds. The molecule has 0 aromatic carbocycles. The van der Waals surface area contributed by atoms with E-state index in [0.717, 1.165) is 0 Å². The summed E-state index contributed by atoms with van der Waals surface area (Å²) in [6.45, 7) is 4.74. The van der Waals surface area contributed by atoms with E-state index in [1.807, 2.05) is 20.8 Å². The van der Waals surface area contributed by atoms with Gasteiger partial charge in [-0.1, -0.05) is 5.92 Å². The van der Waals surface area contributed by atoms with E-state index in [-0.39, 0.29) is 18.1 Å². The van der Waals surface area contributed by atoms with Crippen LogP contribution in [0.2, 0.25) is 0 Å². The number of ether oxygens (including phenoxy) is 1. The molecule has 0 saturated heterocycles. The molecular weight excluding hydrogens is 231 g/mol. The summed E-state index contributed by atoms with van der Waals surface area (Å²) in [6, 6.07) is -0.174. The van der Waals surface area contributed by atoms with E-state index in [1.165, 1.54) is 0 Å². The van der Waals surface area contributed by atoms with Crippen molar-refractivity contribution < 1.29 is 17.9 Å². The van der Waals surface area contributed by atoms with Crippen LogP contribution in [0.1, 0.15) is 27.2 Å². The third-order valence-electron chi connectivity index (χ3n) is 1.80. The average molecular weight is 251 g/mol. The van der Waals surface area contributed by atoms with Gasteiger partial charge in [-0.05, 0) is 27.8 Å². The number of alkyl halides is 3. The number of hydrogen-bond acceptors (Lipinski definition) is 2. The standard InChI is InChI=1S/C12H20F3NO/c1-11(2,3)7-5-6-10(16-4)8-17-9-12(13,14)15/h10,16H,6,8-9H2,1-4H3. The van der Waals surface area contributed by atoms with Crippen LogP contribution >= 0.6 is 0 Å². The van der Waals surface area contributed by atoms with Crippen LogP contribution in [0.15, 0.2) is 0 Å². The molecule has 0 aromatic rings. The fourth-order valence-corrected chi connectivity index (χ4v) is 1.00. The van der Waals surface area contributed by atoms with Gasteiger partial charge in [0.15, 0.2) is 0 Å². The molecule has 0 heterocycles. The van der Waals surface area contributed by atoms with Gasteiger partial charge >= 0.3 is 6.18 Å². The van der Waals surface area contributed by atoms with Gasteiger partial charge in [0, 0.05) is 17.9 Å². The molecule has 17 heavy (non-hydrogen) atoms. The van der Waals surface area contributed by atoms with E-state index in [4.69, 9.17) is 0 Å². The van der Waals surface area contributed by atoms with Gasteiger partial charge in [0.1, 0.15) is 6.61 Å². The van der Waals surface area contributed by atoms with E-state index < -0.39 is 12.8 Å². The Balaban J connectivity index is 3.96. The number of rotatable bonds is 5. The highest BCUT2D eigenvalue weighted by Gasteiger charge is 2.27. The van der Waals surface area contributed by atoms with Gasteiger partial charge in [-0.3, -0.25) is 0 Å². The normalized spacial score (nSPS) is 14.1. The Hall–Kier alpha value is -0.730. The van der Waals surface area contributed by atoms with Gasteiger partial charge in [0.2, 0.25) is 0 Å². The lowest BCUT2D eigenvalue weighted by molar-refractivity contribution is -0.175. The molecule has 100 valence electrons. The lowest BCUT2D eigenvalue weighted by Crippen LogP contribution is -2.32. The summed E-state index contributed by atoms with van der Waals surface area (Å²) in [5.41, 5.74) is -0.0921. The molecule has 5 heteroatoms. The van der Waals surface area contributed by atoms with Crippen molar-refractivity contribution in [1.82, 2.24) is 5.32 Å². The molecule has 0 radical (unpaired) electrons. The first kappa shape index (κ1) is 16.3. The zero-order chi connectivity index (χ0) is 13.5. The Morgan fingerprint density at radius 2 is 1.82 bits per heavy atom. The van der Waals surface area contributed by atoms with Crippen molar-refractivity contribution in [1.29, 1.82) is 0 Å². The number of nitrogens with one attached hydrogen (secondary N) is 1. The van der Waals surface area contributed by atoms with Gasteiger partial charge in [-0.25, -0.2) is 0 Å². The van der Waals surface area contributed by atoms with Gasteiger partial charge in [-0.2, -0.15) is 13.2 Å². The predicted octanol–water partition coefficient (Wildman–Crippen LogP) is 2.59. The third kappa shape index (κ3) is 11.5. The second kappa shape index (κ2) is 6.87. The highest BCUT2D eigenvalue weighted by atomic mass is 19.4. The average Bonchev–Trinajstić information content (AvgIpc) is 2.11. The van der Waals surface area contributed by atoms with Crippen LogP contribution in [0.5, 0.6) is 0 Å². The Morgan fingerprint density at radius 3 is 2.24 bits per heavy atom. The maximum Gasteiger partial charge on any atom is 0.411 e. The summed E-state index contributed by atoms with van der Waals surface area (Å²) >= 11 is 0. The van der Waals surface area contributed by atoms with Crippen LogP contribution in [0, 0.1) is 17.3 Å². The van der Waals surface area contributed by atoms with Gasteiger partial charge in [-0.15, -0.1) is 5.92 Å². The van der Waals surface area contributed by atoms with Crippen molar-refractivity contribution in [3.05, 3.63) is 0 Å². The maximum atomic E-state index is 11.8. The quantitative estimate of drug-likeness (QED) is 0.758. The first-order valence-corrected chi connectivity index (χ1v) is 5.46. The largest absolute Gasteiger partial charge is 0.411 e. The molecule has 0 rings (SSSR count). The third-order valence-corrected chi connectivity index (χ3v) is 1.80. The van der Waals surface area contributed by atoms with Crippen molar-refractivity contribution in [2.45, 2.75) is 39.4 Å². The summed E-state index contributed by atoms with van der Waals surface area (Å²) in [5.74, 6) is 5.98. The second-order valence-corrected chi connectivity index (χ2v) is 4.87. The number of halogens is 3. The minimum Gasteiger partial charge on any atom is -0.370 e. The van der Waals surface area contributed by atoms with Gasteiger partial charge in [0.25, 0.3) is 0 Å². The van der Waals surface area contributed by atoms with Crippen molar-refractivity contribution in [2.75, 3.05) is 20.3 Å². The zero-order valence-electron chi connectivity index (χ0n) is 10.7. The molecule has 0 aliphatic carbocycles. The topological polar surface area (TPSA) is 21.3 Å². The molecule has 2 nitrogen and oxygen atoms in total. The Kier molecular flexibility index (Phi) is 6.58. The zero-order valence-corrected chi connectivity index (χ0v) is 10.7. The van der Waals surface area contributed by atoms with Crippen LogP contribution in [0.4, 0.5) is 13.2 Å². The van der Waals surface area contributed by atoms with E-state index >= 15 is 0 Å². The van der Waals surface area contributed by atoms with Crippen molar-refractivity contribution >= 4 is 0 Å². The molecular formula is C12H20F3NO. The minimum atomic E-state index is -4.27. The Bertz CT molecular complexity index is 270. The van der Waals surface area contributed by atoms with Crippen molar-refractivity contribution in [2.24, 2.45) is 5.41 Å². The van der Waals surface area contributed by atoms with Crippen LogP contribution < -0.4 is 5.32 Å². The SMILES string of the molecule is CNC(CC#CC(C)(C)C)COCC(F)(F)F. The highest BCUT2D eigenvalue weighted by molar-refractivity contribution is 5.08. The molecule has 1 unspecified atom stereocenters. The fourth-order valence-electron chi connectivity index (χ4n) is 1.00. The fraction of sp³-hybridized carbons (Fsp3) is 0.833. The summed E-state index contributed by atoms with van der Waals surface area (Å²) in [4.78, 5) is 0. The Morgan fingerprint density at radius 1 is 1.24 bits per heavy atom. The number of hydrogen-bond donors (Lipinski definition) is 1. The van der Waals surface area contributed by atoms with Crippen LogP contribution in [0.3, 0.4) is 0 Å². The van der Waals surface area contributed by atoms with Crippen LogP contribution in [0.25, 0.3) is 0 Å². The lowest BCUT2D eigenvalue weighted by atomic mass is 9.97. The molecule has 1 atom stereocenters. The van der Waals surface area contributed by atoms with Crippen molar-refractivity contribution in [3.8, 4) is 11.8 Å². The molecule has 0 spiro atoms. The van der Waals surface area contributed by atoms with Crippen LogP contribution in [-0.2, 0) is 4.74 Å². The van der Waals surface area contributed by atoms with Crippen LogP contribution in [-0.4, -0.2) is 32.5 Å². The van der Waals surface area contributed by atoms with E-state index in [2.05, 4.69) is 21.9 Å². The van der Waals surface area contributed by atoms with Gasteiger partial charge < -0.3 is 10.1 Å². The molecule has 1 N–H and O–H groups in total. The molecule has 0 aliphatic heterocycles. The molecule has 0 aromatic heterocycles. The second-order valence-electron chi connectivity index (χ2n) is 4.87. The molecule has 0 bridgehead atoms. The lowest BCUT2D eigenvalue weighted by Gasteiger charge is -2.15.